The number of thiophene rings is 1. The van der Waals surface area contributed by atoms with Gasteiger partial charge in [-0.25, -0.2) is 0 Å². The van der Waals surface area contributed by atoms with Crippen LogP contribution in [-0.4, -0.2) is 36.6 Å². The van der Waals surface area contributed by atoms with E-state index in [2.05, 4.69) is 17.1 Å². The van der Waals surface area contributed by atoms with Crippen molar-refractivity contribution in [3.63, 3.8) is 0 Å². The van der Waals surface area contributed by atoms with Crippen molar-refractivity contribution < 1.29 is 19.1 Å². The molecule has 2 aliphatic heterocycles. The smallest absolute Gasteiger partial charge is 0.251 e. The van der Waals surface area contributed by atoms with Gasteiger partial charge in [0.2, 0.25) is 12.7 Å². The van der Waals surface area contributed by atoms with Crippen molar-refractivity contribution in [2.45, 2.75) is 26.3 Å². The van der Waals surface area contributed by atoms with Crippen LogP contribution < -0.4 is 20.5 Å². The maximum absolute atomic E-state index is 12.5. The van der Waals surface area contributed by atoms with Gasteiger partial charge in [0.15, 0.2) is 11.5 Å². The van der Waals surface area contributed by atoms with E-state index in [1.165, 1.54) is 17.4 Å². The zero-order valence-electron chi connectivity index (χ0n) is 16.2. The molecule has 1 aromatic carbocycles. The summed E-state index contributed by atoms with van der Waals surface area (Å²) >= 11 is 1.44. The lowest BCUT2D eigenvalue weighted by atomic mass is 10.0. The number of nitrogens with one attached hydrogen (secondary N) is 1. The third-order valence-corrected chi connectivity index (χ3v) is 6.11. The van der Waals surface area contributed by atoms with Crippen LogP contribution in [0.25, 0.3) is 6.08 Å². The van der Waals surface area contributed by atoms with E-state index in [9.17, 15) is 9.59 Å². The molecule has 8 heteroatoms. The first kappa shape index (κ1) is 19.5. The Balaban J connectivity index is 1.50. The molecule has 4 rings (SSSR count). The van der Waals surface area contributed by atoms with Gasteiger partial charge in [0.1, 0.15) is 5.00 Å². The molecule has 0 aliphatic carbocycles. The molecule has 0 unspecified atom stereocenters. The molecule has 2 amide bonds. The Kier molecular flexibility index (Phi) is 5.55. The molecule has 0 bridgehead atoms. The minimum atomic E-state index is -0.499. The first-order valence-corrected chi connectivity index (χ1v) is 10.4. The summed E-state index contributed by atoms with van der Waals surface area (Å²) in [5, 5.41) is 3.36. The molecule has 2 aliphatic rings. The summed E-state index contributed by atoms with van der Waals surface area (Å²) in [6, 6.07) is 5.46. The van der Waals surface area contributed by atoms with Crippen LogP contribution >= 0.6 is 11.3 Å². The Morgan fingerprint density at radius 2 is 2.14 bits per heavy atom. The van der Waals surface area contributed by atoms with Crippen LogP contribution in [0.15, 0.2) is 24.3 Å². The summed E-state index contributed by atoms with van der Waals surface area (Å²) in [5.41, 5.74) is 7.87. The summed E-state index contributed by atoms with van der Waals surface area (Å²) in [6.45, 7) is 5.06. The third-order valence-electron chi connectivity index (χ3n) is 4.98. The Hall–Kier alpha value is -2.84. The van der Waals surface area contributed by atoms with Crippen molar-refractivity contribution in [1.29, 1.82) is 0 Å². The Labute approximate surface area is 173 Å². The molecular formula is C21H23N3O4S. The van der Waals surface area contributed by atoms with Crippen molar-refractivity contribution in [2.24, 2.45) is 5.73 Å². The number of fused-ring (bicyclic) bond motifs is 2. The Morgan fingerprint density at radius 1 is 1.31 bits per heavy atom. The minimum absolute atomic E-state index is 0.206. The summed E-state index contributed by atoms with van der Waals surface area (Å²) in [5.74, 6) is 0.542. The summed E-state index contributed by atoms with van der Waals surface area (Å²) in [6.07, 6.45) is 4.98. The maximum atomic E-state index is 12.5. The van der Waals surface area contributed by atoms with Gasteiger partial charge in [0.25, 0.3) is 5.91 Å². The van der Waals surface area contributed by atoms with Gasteiger partial charge in [0, 0.05) is 24.0 Å². The lowest BCUT2D eigenvalue weighted by Gasteiger charge is -2.26. The third kappa shape index (κ3) is 4.13. The fraction of sp³-hybridized carbons (Fsp3) is 0.333. The van der Waals surface area contributed by atoms with Crippen LogP contribution in [0.1, 0.15) is 39.7 Å². The number of anilines is 1. The van der Waals surface area contributed by atoms with E-state index in [-0.39, 0.29) is 12.7 Å². The standard InChI is InChI=1S/C21H23N3O4S/c1-2-8-24-9-7-14-17(11-24)29-21(19(14)20(22)26)23-18(25)6-4-13-3-5-15-16(10-13)28-12-27-15/h3-6,10H,2,7-9,11-12H2,1H3,(H2,22,26)(H,23,25)/b6-4+. The number of carbonyl (C=O) groups excluding carboxylic acids is 2. The quantitative estimate of drug-likeness (QED) is 0.710. The van der Waals surface area contributed by atoms with Gasteiger partial charge in [-0.3, -0.25) is 14.5 Å². The summed E-state index contributed by atoms with van der Waals surface area (Å²) in [4.78, 5) is 28.0. The molecule has 0 atom stereocenters. The molecule has 29 heavy (non-hydrogen) atoms. The number of benzene rings is 1. The van der Waals surface area contributed by atoms with Crippen molar-refractivity contribution >= 4 is 34.2 Å². The largest absolute Gasteiger partial charge is 0.454 e. The fourth-order valence-corrected chi connectivity index (χ4v) is 4.95. The molecule has 0 saturated carbocycles. The minimum Gasteiger partial charge on any atom is -0.454 e. The normalized spacial score (nSPS) is 15.5. The highest BCUT2D eigenvalue weighted by Crippen LogP contribution is 2.37. The number of carbonyl (C=O) groups is 2. The topological polar surface area (TPSA) is 93.9 Å². The summed E-state index contributed by atoms with van der Waals surface area (Å²) < 4.78 is 10.6. The highest BCUT2D eigenvalue weighted by Gasteiger charge is 2.27. The van der Waals surface area contributed by atoms with Gasteiger partial charge in [-0.05, 0) is 48.7 Å². The first-order valence-electron chi connectivity index (χ1n) is 9.60. The molecule has 152 valence electrons. The molecule has 0 fully saturated rings. The zero-order chi connectivity index (χ0) is 20.4. The van der Waals surface area contributed by atoms with Crippen LogP contribution in [0.2, 0.25) is 0 Å². The van der Waals surface area contributed by atoms with Crippen molar-refractivity contribution in [1.82, 2.24) is 4.90 Å². The second kappa shape index (κ2) is 8.26. The number of amides is 2. The second-order valence-corrected chi connectivity index (χ2v) is 8.14. The monoisotopic (exact) mass is 413 g/mol. The van der Waals surface area contributed by atoms with E-state index in [1.807, 2.05) is 12.1 Å². The van der Waals surface area contributed by atoms with E-state index in [0.29, 0.717) is 22.1 Å². The number of hydrogen-bond donors (Lipinski definition) is 2. The Bertz CT molecular complexity index is 983. The van der Waals surface area contributed by atoms with Crippen LogP contribution in [0.4, 0.5) is 5.00 Å². The number of primary amides is 1. The van der Waals surface area contributed by atoms with Crippen molar-refractivity contribution in [3.05, 3.63) is 45.8 Å². The molecule has 0 radical (unpaired) electrons. The van der Waals surface area contributed by atoms with E-state index in [0.717, 1.165) is 48.5 Å². The predicted molar refractivity (Wildman–Crippen MR) is 112 cm³/mol. The molecular weight excluding hydrogens is 390 g/mol. The van der Waals surface area contributed by atoms with Gasteiger partial charge in [-0.1, -0.05) is 13.0 Å². The van der Waals surface area contributed by atoms with Crippen LogP contribution in [0, 0.1) is 0 Å². The molecule has 0 saturated heterocycles. The van der Waals surface area contributed by atoms with Gasteiger partial charge in [0.05, 0.1) is 5.56 Å². The van der Waals surface area contributed by atoms with Crippen LogP contribution in [-0.2, 0) is 17.8 Å². The molecule has 0 spiro atoms. The second-order valence-electron chi connectivity index (χ2n) is 7.03. The van der Waals surface area contributed by atoms with Gasteiger partial charge in [-0.2, -0.15) is 0 Å². The van der Waals surface area contributed by atoms with E-state index < -0.39 is 5.91 Å². The van der Waals surface area contributed by atoms with Crippen molar-refractivity contribution in [2.75, 3.05) is 25.2 Å². The molecule has 7 nitrogen and oxygen atoms in total. The number of nitrogens with zero attached hydrogens (tertiary/aromatic N) is 1. The van der Waals surface area contributed by atoms with Crippen molar-refractivity contribution in [3.8, 4) is 11.5 Å². The average Bonchev–Trinajstić information content (AvgIpc) is 3.29. The highest BCUT2D eigenvalue weighted by molar-refractivity contribution is 7.17. The highest BCUT2D eigenvalue weighted by atomic mass is 32.1. The van der Waals surface area contributed by atoms with Gasteiger partial charge < -0.3 is 20.5 Å². The predicted octanol–water partition coefficient (Wildman–Crippen LogP) is 3.00. The van der Waals surface area contributed by atoms with E-state index >= 15 is 0 Å². The number of hydrogen-bond acceptors (Lipinski definition) is 6. The van der Waals surface area contributed by atoms with E-state index in [1.54, 1.807) is 12.1 Å². The zero-order valence-corrected chi connectivity index (χ0v) is 17.0. The van der Waals surface area contributed by atoms with Crippen LogP contribution in [0.3, 0.4) is 0 Å². The molecule has 3 N–H and O–H groups in total. The van der Waals surface area contributed by atoms with Gasteiger partial charge in [-0.15, -0.1) is 11.3 Å². The summed E-state index contributed by atoms with van der Waals surface area (Å²) in [7, 11) is 0. The number of rotatable bonds is 6. The van der Waals surface area contributed by atoms with Crippen LogP contribution in [0.5, 0.6) is 11.5 Å². The fourth-order valence-electron chi connectivity index (χ4n) is 3.65. The number of nitrogens with two attached hydrogens (primary N) is 1. The lowest BCUT2D eigenvalue weighted by Crippen LogP contribution is -2.31. The lowest BCUT2D eigenvalue weighted by molar-refractivity contribution is -0.111. The van der Waals surface area contributed by atoms with Gasteiger partial charge >= 0.3 is 0 Å². The SMILES string of the molecule is CCCN1CCc2c(sc(NC(=O)/C=C/c3ccc4c(c3)OCO4)c2C(N)=O)C1. The average molecular weight is 413 g/mol. The first-order chi connectivity index (χ1) is 14.0. The molecule has 2 aromatic rings. The number of ether oxygens (including phenoxy) is 2. The Morgan fingerprint density at radius 3 is 2.93 bits per heavy atom. The molecule has 3 heterocycles. The maximum Gasteiger partial charge on any atom is 0.251 e. The molecule has 1 aromatic heterocycles. The van der Waals surface area contributed by atoms with E-state index in [4.69, 9.17) is 15.2 Å².